The minimum absolute atomic E-state index is 0.0399. The topological polar surface area (TPSA) is 150 Å². The number of carbonyl (C=O) groups excluding carboxylic acids is 1. The zero-order valence-corrected chi connectivity index (χ0v) is 21.4. The van der Waals surface area contributed by atoms with Crippen molar-refractivity contribution in [2.75, 3.05) is 20.8 Å². The van der Waals surface area contributed by atoms with Crippen molar-refractivity contribution in [3.8, 4) is 22.8 Å². The molecule has 2 aromatic carbocycles. The fourth-order valence-electron chi connectivity index (χ4n) is 3.76. The minimum Gasteiger partial charge on any atom is -0.496 e. The summed E-state index contributed by atoms with van der Waals surface area (Å²) in [6.45, 7) is -0.357. The van der Waals surface area contributed by atoms with Crippen molar-refractivity contribution in [1.82, 2.24) is 9.59 Å². The van der Waals surface area contributed by atoms with Gasteiger partial charge in [0.1, 0.15) is 47.7 Å². The molecule has 0 radical (unpaired) electrons. The van der Waals surface area contributed by atoms with Crippen molar-refractivity contribution in [1.29, 1.82) is 0 Å². The quantitative estimate of drug-likeness (QED) is 0.335. The average Bonchev–Trinajstić information content (AvgIpc) is 3.46. The molecule has 1 aliphatic heterocycles. The summed E-state index contributed by atoms with van der Waals surface area (Å²) in [6, 6.07) is 10.4. The molecule has 1 aromatic heterocycles. The first-order valence-corrected chi connectivity index (χ1v) is 12.3. The van der Waals surface area contributed by atoms with E-state index < -0.39 is 43.3 Å². The van der Waals surface area contributed by atoms with Crippen molar-refractivity contribution in [3.63, 3.8) is 0 Å². The molecule has 0 bridgehead atoms. The van der Waals surface area contributed by atoms with E-state index in [4.69, 9.17) is 35.3 Å². The van der Waals surface area contributed by atoms with Crippen LogP contribution in [0.1, 0.15) is 15.9 Å². The lowest BCUT2D eigenvalue weighted by Crippen LogP contribution is -2.60. The summed E-state index contributed by atoms with van der Waals surface area (Å²) in [5, 5.41) is 35.9. The fraction of sp³-hybridized carbons (Fsp3) is 0.375. The highest BCUT2D eigenvalue weighted by Gasteiger charge is 2.47. The third-order valence-corrected chi connectivity index (χ3v) is 6.58. The molecule has 11 nitrogen and oxygen atoms in total. The van der Waals surface area contributed by atoms with E-state index >= 15 is 0 Å². The van der Waals surface area contributed by atoms with E-state index in [-0.39, 0.29) is 28.7 Å². The Labute approximate surface area is 221 Å². The number of ether oxygens (including phenoxy) is 5. The molecular weight excluding hydrogens is 528 g/mol. The van der Waals surface area contributed by atoms with Crippen LogP contribution >= 0.6 is 23.1 Å². The van der Waals surface area contributed by atoms with Crippen molar-refractivity contribution in [2.45, 2.75) is 37.3 Å². The van der Waals surface area contributed by atoms with Gasteiger partial charge in [-0.1, -0.05) is 40.4 Å². The van der Waals surface area contributed by atoms with Gasteiger partial charge in [0.05, 0.1) is 18.7 Å². The Hall–Kier alpha value is -2.84. The van der Waals surface area contributed by atoms with Crippen LogP contribution in [0.4, 0.5) is 0 Å². The Balaban J connectivity index is 1.46. The molecule has 37 heavy (non-hydrogen) atoms. The van der Waals surface area contributed by atoms with Gasteiger partial charge in [0.25, 0.3) is 0 Å². The Morgan fingerprint density at radius 1 is 1.14 bits per heavy atom. The first-order valence-electron chi connectivity index (χ1n) is 11.1. The monoisotopic (exact) mass is 552 g/mol. The largest absolute Gasteiger partial charge is 0.496 e. The Kier molecular flexibility index (Phi) is 8.92. The van der Waals surface area contributed by atoms with Crippen LogP contribution in [0.5, 0.6) is 11.5 Å². The SMILES string of the molecule is COc1cc(OCc2ccc(-c3csnn3)cc2)c(Cl)cc1C(=O)O[C@H]1[C@@H](OC)O[C@H](CO)[C@@H](O)[C@@H]1O. The van der Waals surface area contributed by atoms with Crippen LogP contribution < -0.4 is 9.47 Å². The van der Waals surface area contributed by atoms with E-state index in [1.807, 2.05) is 29.6 Å². The number of esters is 1. The van der Waals surface area contributed by atoms with Gasteiger partial charge < -0.3 is 39.0 Å². The number of hydrogen-bond donors (Lipinski definition) is 3. The van der Waals surface area contributed by atoms with E-state index in [2.05, 4.69) is 9.59 Å². The van der Waals surface area contributed by atoms with Crippen LogP contribution in [0.25, 0.3) is 11.3 Å². The number of aromatic nitrogens is 2. The highest BCUT2D eigenvalue weighted by molar-refractivity contribution is 7.03. The normalized spacial score (nSPS) is 23.5. The smallest absolute Gasteiger partial charge is 0.342 e. The molecule has 0 saturated carbocycles. The number of halogens is 1. The molecule has 13 heteroatoms. The minimum atomic E-state index is -1.57. The van der Waals surface area contributed by atoms with E-state index in [9.17, 15) is 20.1 Å². The summed E-state index contributed by atoms with van der Waals surface area (Å²) in [7, 11) is 2.64. The van der Waals surface area contributed by atoms with Gasteiger partial charge >= 0.3 is 5.97 Å². The lowest BCUT2D eigenvalue weighted by molar-refractivity contribution is -0.293. The standard InChI is InChI=1S/C24H25ClN2O9S/c1-32-17-8-18(34-10-12-3-5-13(6-4-12)16-11-37-27-26-16)15(25)7-14(17)23(31)36-22-21(30)20(29)19(9-28)35-24(22)33-2/h3-8,11,19-22,24,28-30H,9-10H2,1-2H3/t19-,20-,21+,22-,24+/m1/s1. The molecule has 0 aliphatic carbocycles. The molecule has 1 aliphatic rings. The molecule has 3 N–H and O–H groups in total. The highest BCUT2D eigenvalue weighted by atomic mass is 35.5. The van der Waals surface area contributed by atoms with Crippen molar-refractivity contribution >= 4 is 29.1 Å². The summed E-state index contributed by atoms with van der Waals surface area (Å²) in [5.41, 5.74) is 2.56. The highest BCUT2D eigenvalue weighted by Crippen LogP contribution is 2.35. The van der Waals surface area contributed by atoms with E-state index in [0.29, 0.717) is 0 Å². The first kappa shape index (κ1) is 27.2. The molecule has 3 aromatic rings. The summed E-state index contributed by atoms with van der Waals surface area (Å²) in [4.78, 5) is 13.0. The second kappa shape index (κ2) is 12.1. The molecule has 5 atom stereocenters. The van der Waals surface area contributed by atoms with Crippen molar-refractivity contribution < 1.29 is 43.8 Å². The van der Waals surface area contributed by atoms with Crippen LogP contribution in [-0.2, 0) is 20.8 Å². The predicted octanol–water partition coefficient (Wildman–Crippen LogP) is 2.06. The number of hydrogen-bond acceptors (Lipinski definition) is 12. The number of methoxy groups -OCH3 is 2. The average molecular weight is 553 g/mol. The fourth-order valence-corrected chi connectivity index (χ4v) is 4.44. The van der Waals surface area contributed by atoms with Crippen molar-refractivity contribution in [3.05, 3.63) is 57.9 Å². The van der Waals surface area contributed by atoms with Crippen molar-refractivity contribution in [2.24, 2.45) is 0 Å². The molecule has 198 valence electrons. The third kappa shape index (κ3) is 6.02. The van der Waals surface area contributed by atoms with Gasteiger partial charge in [-0.2, -0.15) is 0 Å². The van der Waals surface area contributed by atoms with Crippen LogP contribution in [0.15, 0.2) is 41.8 Å². The molecule has 1 saturated heterocycles. The molecule has 0 amide bonds. The van der Waals surface area contributed by atoms with Gasteiger partial charge in [-0.15, -0.1) is 5.10 Å². The summed E-state index contributed by atoms with van der Waals surface area (Å²) >= 11 is 7.66. The maximum atomic E-state index is 13.0. The number of aliphatic hydroxyl groups excluding tert-OH is 3. The molecule has 2 heterocycles. The second-order valence-corrected chi connectivity index (χ2v) is 9.09. The predicted molar refractivity (Wildman–Crippen MR) is 132 cm³/mol. The summed E-state index contributed by atoms with van der Waals surface area (Å²) < 4.78 is 30.9. The van der Waals surface area contributed by atoms with E-state index in [0.717, 1.165) is 16.8 Å². The maximum absolute atomic E-state index is 13.0. The Bertz CT molecular complexity index is 1190. The summed E-state index contributed by atoms with van der Waals surface area (Å²) in [6.07, 6.45) is -6.76. The number of carbonyl (C=O) groups is 1. The van der Waals surface area contributed by atoms with Crippen LogP contribution in [0.2, 0.25) is 5.02 Å². The zero-order valence-electron chi connectivity index (χ0n) is 19.8. The lowest BCUT2D eigenvalue weighted by Gasteiger charge is -2.40. The van der Waals surface area contributed by atoms with Crippen LogP contribution in [0, 0.1) is 0 Å². The second-order valence-electron chi connectivity index (χ2n) is 8.07. The molecule has 4 rings (SSSR count). The Morgan fingerprint density at radius 2 is 1.89 bits per heavy atom. The van der Waals surface area contributed by atoms with Gasteiger partial charge in [0.2, 0.25) is 0 Å². The van der Waals surface area contributed by atoms with Gasteiger partial charge in [0.15, 0.2) is 12.4 Å². The van der Waals surface area contributed by atoms with Gasteiger partial charge in [-0.3, -0.25) is 0 Å². The molecular formula is C24H25ClN2O9S. The molecule has 0 unspecified atom stereocenters. The van der Waals surface area contributed by atoms with E-state index in [1.54, 1.807) is 0 Å². The number of nitrogens with zero attached hydrogens (tertiary/aromatic N) is 2. The zero-order chi connectivity index (χ0) is 26.5. The van der Waals surface area contributed by atoms with E-state index in [1.165, 1.54) is 37.9 Å². The summed E-state index contributed by atoms with van der Waals surface area (Å²) in [5.74, 6) is -0.508. The number of aliphatic hydroxyl groups is 3. The lowest BCUT2D eigenvalue weighted by atomic mass is 9.99. The van der Waals surface area contributed by atoms with Crippen LogP contribution in [-0.4, -0.2) is 82.4 Å². The third-order valence-electron chi connectivity index (χ3n) is 5.78. The maximum Gasteiger partial charge on any atom is 0.342 e. The molecule has 1 fully saturated rings. The van der Waals surface area contributed by atoms with Crippen LogP contribution in [0.3, 0.4) is 0 Å². The number of benzene rings is 2. The molecule has 0 spiro atoms. The van der Waals surface area contributed by atoms with Gasteiger partial charge in [-0.25, -0.2) is 4.79 Å². The first-order chi connectivity index (χ1) is 17.9. The van der Waals surface area contributed by atoms with Gasteiger partial charge in [-0.05, 0) is 23.2 Å². The number of rotatable bonds is 9. The van der Waals surface area contributed by atoms with Gasteiger partial charge in [0, 0.05) is 24.1 Å². The Morgan fingerprint density at radius 3 is 2.51 bits per heavy atom.